The summed E-state index contributed by atoms with van der Waals surface area (Å²) in [7, 11) is -3.19. The van der Waals surface area contributed by atoms with Crippen LogP contribution in [-0.4, -0.2) is 55.9 Å². The lowest BCUT2D eigenvalue weighted by Gasteiger charge is -2.27. The second kappa shape index (κ2) is 8.19. The summed E-state index contributed by atoms with van der Waals surface area (Å²) in [6.45, 7) is 6.24. The Kier molecular flexibility index (Phi) is 7.28. The molecule has 0 spiro atoms. The molecule has 0 aromatic heterocycles. The van der Waals surface area contributed by atoms with Crippen molar-refractivity contribution in [2.45, 2.75) is 45.6 Å². The topological polar surface area (TPSA) is 69.6 Å². The van der Waals surface area contributed by atoms with Crippen molar-refractivity contribution in [2.24, 2.45) is 5.92 Å². The fourth-order valence-electron chi connectivity index (χ4n) is 2.55. The van der Waals surface area contributed by atoms with E-state index in [9.17, 15) is 8.42 Å². The summed E-state index contributed by atoms with van der Waals surface area (Å²) in [6.07, 6.45) is 3.42. The molecule has 1 aliphatic rings. The zero-order valence-corrected chi connectivity index (χ0v) is 13.0. The molecule has 6 heteroatoms. The quantitative estimate of drug-likeness (QED) is 0.694. The lowest BCUT2D eigenvalue weighted by Crippen LogP contribution is -2.40. The summed E-state index contributed by atoms with van der Waals surface area (Å²) >= 11 is 0. The molecule has 0 atom stereocenters. The van der Waals surface area contributed by atoms with E-state index in [-0.39, 0.29) is 18.4 Å². The first-order valence-electron chi connectivity index (χ1n) is 7.28. The normalized spacial score (nSPS) is 18.4. The highest BCUT2D eigenvalue weighted by molar-refractivity contribution is 7.89. The fraction of sp³-hybridized carbons (Fsp3) is 1.00. The predicted molar refractivity (Wildman–Crippen MR) is 77.5 cm³/mol. The van der Waals surface area contributed by atoms with Gasteiger partial charge in [-0.15, -0.1) is 0 Å². The van der Waals surface area contributed by atoms with E-state index in [2.05, 4.69) is 5.32 Å². The molecular formula is C13H28N2O3S. The van der Waals surface area contributed by atoms with Gasteiger partial charge >= 0.3 is 0 Å². The second-order valence-corrected chi connectivity index (χ2v) is 7.62. The average Bonchev–Trinajstić information content (AvgIpc) is 2.37. The van der Waals surface area contributed by atoms with E-state index < -0.39 is 10.0 Å². The molecule has 1 fully saturated rings. The van der Waals surface area contributed by atoms with Gasteiger partial charge in [0.05, 0.1) is 5.75 Å². The van der Waals surface area contributed by atoms with E-state index in [1.54, 1.807) is 0 Å². The molecule has 0 amide bonds. The molecule has 0 aromatic rings. The molecule has 2 N–H and O–H groups in total. The Labute approximate surface area is 117 Å². The van der Waals surface area contributed by atoms with E-state index in [4.69, 9.17) is 5.11 Å². The number of hydrogen-bond acceptors (Lipinski definition) is 4. The Bertz CT molecular complexity index is 338. The highest BCUT2D eigenvalue weighted by Crippen LogP contribution is 2.19. The van der Waals surface area contributed by atoms with Gasteiger partial charge in [-0.1, -0.05) is 0 Å². The fourth-order valence-corrected chi connectivity index (χ4v) is 4.46. The molecular weight excluding hydrogens is 264 g/mol. The number of hydrogen-bond donors (Lipinski definition) is 2. The van der Waals surface area contributed by atoms with E-state index in [0.717, 1.165) is 32.4 Å². The molecule has 19 heavy (non-hydrogen) atoms. The minimum absolute atomic E-state index is 0.0348. The smallest absolute Gasteiger partial charge is 0.214 e. The minimum atomic E-state index is -3.19. The van der Waals surface area contributed by atoms with Crippen molar-refractivity contribution in [3.05, 3.63) is 0 Å². The number of nitrogens with zero attached hydrogens (tertiary/aromatic N) is 1. The monoisotopic (exact) mass is 292 g/mol. The van der Waals surface area contributed by atoms with Gasteiger partial charge in [-0.05, 0) is 58.5 Å². The van der Waals surface area contributed by atoms with Crippen LogP contribution < -0.4 is 5.32 Å². The first-order valence-corrected chi connectivity index (χ1v) is 8.89. The van der Waals surface area contributed by atoms with E-state index in [1.165, 1.54) is 4.31 Å². The molecule has 0 unspecified atom stereocenters. The molecule has 5 nitrogen and oxygen atoms in total. The van der Waals surface area contributed by atoms with Gasteiger partial charge in [-0.3, -0.25) is 0 Å². The Morgan fingerprint density at radius 3 is 2.47 bits per heavy atom. The SMILES string of the molecule is CC(C)N(CCCO)S(=O)(=O)CCC1CCNCC1. The average molecular weight is 292 g/mol. The van der Waals surface area contributed by atoms with Crippen molar-refractivity contribution in [3.63, 3.8) is 0 Å². The summed E-state index contributed by atoms with van der Waals surface area (Å²) in [5, 5.41) is 12.2. The Morgan fingerprint density at radius 1 is 1.32 bits per heavy atom. The summed E-state index contributed by atoms with van der Waals surface area (Å²) in [5.74, 6) is 0.768. The van der Waals surface area contributed by atoms with Gasteiger partial charge in [0.25, 0.3) is 0 Å². The molecule has 1 aliphatic heterocycles. The highest BCUT2D eigenvalue weighted by atomic mass is 32.2. The molecule has 1 saturated heterocycles. The van der Waals surface area contributed by atoms with Gasteiger partial charge in [0.2, 0.25) is 10.0 Å². The summed E-state index contributed by atoms with van der Waals surface area (Å²) < 4.78 is 26.2. The van der Waals surface area contributed by atoms with Gasteiger partial charge in [0.1, 0.15) is 0 Å². The third kappa shape index (κ3) is 5.77. The van der Waals surface area contributed by atoms with Crippen LogP contribution in [0.5, 0.6) is 0 Å². The number of rotatable bonds is 8. The van der Waals surface area contributed by atoms with Crippen LogP contribution in [0.3, 0.4) is 0 Å². The van der Waals surface area contributed by atoms with Crippen molar-refractivity contribution >= 4 is 10.0 Å². The largest absolute Gasteiger partial charge is 0.396 e. The lowest BCUT2D eigenvalue weighted by molar-refractivity contribution is 0.258. The molecule has 0 saturated carbocycles. The maximum atomic E-state index is 12.3. The molecule has 0 radical (unpaired) electrons. The predicted octanol–water partition coefficient (Wildman–Crippen LogP) is 0.799. The van der Waals surface area contributed by atoms with Crippen LogP contribution in [0, 0.1) is 5.92 Å². The van der Waals surface area contributed by atoms with Crippen molar-refractivity contribution in [1.29, 1.82) is 0 Å². The van der Waals surface area contributed by atoms with E-state index in [1.807, 2.05) is 13.8 Å². The van der Waals surface area contributed by atoms with Gasteiger partial charge in [-0.25, -0.2) is 8.42 Å². The van der Waals surface area contributed by atoms with Gasteiger partial charge in [-0.2, -0.15) is 4.31 Å². The number of nitrogens with one attached hydrogen (secondary N) is 1. The number of piperidine rings is 1. The molecule has 0 aromatic carbocycles. The Hall–Kier alpha value is -0.170. The maximum Gasteiger partial charge on any atom is 0.214 e. The van der Waals surface area contributed by atoms with Crippen LogP contribution in [0.1, 0.15) is 39.5 Å². The summed E-state index contributed by atoms with van der Waals surface area (Å²) in [4.78, 5) is 0. The zero-order chi connectivity index (χ0) is 14.3. The molecule has 0 bridgehead atoms. The van der Waals surface area contributed by atoms with E-state index >= 15 is 0 Å². The first kappa shape index (κ1) is 16.9. The lowest BCUT2D eigenvalue weighted by atomic mass is 9.96. The third-order valence-corrected chi connectivity index (χ3v) is 5.78. The Morgan fingerprint density at radius 2 is 1.95 bits per heavy atom. The molecule has 114 valence electrons. The standard InChI is InChI=1S/C13H28N2O3S/c1-12(2)15(9-3-10-16)19(17,18)11-6-13-4-7-14-8-5-13/h12-14,16H,3-11H2,1-2H3. The third-order valence-electron chi connectivity index (χ3n) is 3.71. The van der Waals surface area contributed by atoms with Gasteiger partial charge in [0.15, 0.2) is 0 Å². The second-order valence-electron chi connectivity index (χ2n) is 5.58. The van der Waals surface area contributed by atoms with Crippen LogP contribution in [0.25, 0.3) is 0 Å². The van der Waals surface area contributed by atoms with Crippen molar-refractivity contribution in [3.8, 4) is 0 Å². The summed E-state index contributed by atoms with van der Waals surface area (Å²) in [5.41, 5.74) is 0. The molecule has 1 rings (SSSR count). The van der Waals surface area contributed by atoms with Crippen LogP contribution in [0.15, 0.2) is 0 Å². The minimum Gasteiger partial charge on any atom is -0.396 e. The van der Waals surface area contributed by atoms with Gasteiger partial charge in [0, 0.05) is 19.2 Å². The van der Waals surface area contributed by atoms with Crippen molar-refractivity contribution in [1.82, 2.24) is 9.62 Å². The Balaban J connectivity index is 2.50. The van der Waals surface area contributed by atoms with Crippen LogP contribution in [0.4, 0.5) is 0 Å². The number of aliphatic hydroxyl groups excluding tert-OH is 1. The van der Waals surface area contributed by atoms with Crippen molar-refractivity contribution in [2.75, 3.05) is 32.0 Å². The van der Waals surface area contributed by atoms with Gasteiger partial charge < -0.3 is 10.4 Å². The van der Waals surface area contributed by atoms with Crippen molar-refractivity contribution < 1.29 is 13.5 Å². The highest BCUT2D eigenvalue weighted by Gasteiger charge is 2.25. The number of aliphatic hydroxyl groups is 1. The number of sulfonamides is 1. The zero-order valence-electron chi connectivity index (χ0n) is 12.1. The first-order chi connectivity index (χ1) is 8.97. The maximum absolute atomic E-state index is 12.3. The van der Waals surface area contributed by atoms with Crippen LogP contribution in [-0.2, 0) is 10.0 Å². The van der Waals surface area contributed by atoms with Crippen LogP contribution in [0.2, 0.25) is 0 Å². The summed E-state index contributed by atoms with van der Waals surface area (Å²) in [6, 6.07) is -0.0374. The van der Waals surface area contributed by atoms with E-state index in [0.29, 0.717) is 18.9 Å². The van der Waals surface area contributed by atoms with Crippen LogP contribution >= 0.6 is 0 Å². The molecule has 0 aliphatic carbocycles. The molecule has 1 heterocycles.